The number of fused-ring (bicyclic) bond motifs is 4. The van der Waals surface area contributed by atoms with Gasteiger partial charge in [0.2, 0.25) is 0 Å². The summed E-state index contributed by atoms with van der Waals surface area (Å²) < 4.78 is 0. The molecule has 0 aromatic rings. The van der Waals surface area contributed by atoms with Gasteiger partial charge in [-0.1, -0.05) is 39.3 Å². The summed E-state index contributed by atoms with van der Waals surface area (Å²) in [4.78, 5) is 0. The van der Waals surface area contributed by atoms with Crippen molar-refractivity contribution in [3.05, 3.63) is 24.2 Å². The zero-order valence-electron chi connectivity index (χ0n) is 15.6. The van der Waals surface area contributed by atoms with Crippen molar-refractivity contribution in [2.24, 2.45) is 41.4 Å². The molecule has 0 aromatic carbocycles. The van der Waals surface area contributed by atoms with Crippen molar-refractivity contribution in [3.8, 4) is 0 Å². The quantitative estimate of drug-likeness (QED) is 0.454. The van der Waals surface area contributed by atoms with Crippen LogP contribution >= 0.6 is 0 Å². The third kappa shape index (κ3) is 2.67. The Bertz CT molecular complexity index is 504. The van der Waals surface area contributed by atoms with E-state index in [-0.39, 0.29) is 0 Å². The van der Waals surface area contributed by atoms with Crippen LogP contribution in [0.2, 0.25) is 5.31 Å². The van der Waals surface area contributed by atoms with Crippen molar-refractivity contribution in [1.29, 1.82) is 0 Å². The average molecular weight is 310 g/mol. The Hall–Kier alpha value is -0.455. The van der Waals surface area contributed by atoms with Crippen LogP contribution < -0.4 is 0 Å². The minimum atomic E-state index is 0.521. The van der Waals surface area contributed by atoms with Gasteiger partial charge in [0.25, 0.3) is 0 Å². The molecule has 8 unspecified atom stereocenters. The molecule has 23 heavy (non-hydrogen) atoms. The lowest BCUT2D eigenvalue weighted by molar-refractivity contribution is 0.0597. The van der Waals surface area contributed by atoms with Crippen LogP contribution in [0.1, 0.15) is 65.7 Å². The van der Waals surface area contributed by atoms with E-state index in [1.807, 2.05) is 0 Å². The Balaban J connectivity index is 1.49. The molecule has 4 rings (SSSR count). The highest BCUT2D eigenvalue weighted by Gasteiger charge is 2.49. The molecule has 0 spiro atoms. The molecular formula is C22H35B. The van der Waals surface area contributed by atoms with Gasteiger partial charge in [-0.2, -0.15) is 0 Å². The Morgan fingerprint density at radius 1 is 1.13 bits per heavy atom. The van der Waals surface area contributed by atoms with Crippen LogP contribution in [0.5, 0.6) is 0 Å². The highest BCUT2D eigenvalue weighted by Crippen LogP contribution is 2.60. The summed E-state index contributed by atoms with van der Waals surface area (Å²) in [5.74, 6) is 6.39. The van der Waals surface area contributed by atoms with Gasteiger partial charge in [-0.3, -0.25) is 0 Å². The lowest BCUT2D eigenvalue weighted by atomic mass is 9.34. The van der Waals surface area contributed by atoms with Crippen LogP contribution in [0.25, 0.3) is 0 Å². The lowest BCUT2D eigenvalue weighted by Crippen LogP contribution is -2.44. The lowest BCUT2D eigenvalue weighted by Gasteiger charge is -2.54. The number of allylic oxidation sites excluding steroid dienone is 3. The van der Waals surface area contributed by atoms with E-state index in [1.54, 1.807) is 5.47 Å². The average Bonchev–Trinajstić information content (AvgIpc) is 3.16. The topological polar surface area (TPSA) is 0 Å². The van der Waals surface area contributed by atoms with E-state index in [0.29, 0.717) is 5.31 Å². The van der Waals surface area contributed by atoms with Crippen LogP contribution in [0.4, 0.5) is 0 Å². The summed E-state index contributed by atoms with van der Waals surface area (Å²) in [6, 6.07) is 0. The zero-order valence-corrected chi connectivity index (χ0v) is 15.6. The van der Waals surface area contributed by atoms with E-state index in [2.05, 4.69) is 39.5 Å². The number of hydrogen-bond acceptors (Lipinski definition) is 0. The second-order valence-corrected chi connectivity index (χ2v) is 9.91. The first-order valence-corrected chi connectivity index (χ1v) is 10.4. The predicted molar refractivity (Wildman–Crippen MR) is 102 cm³/mol. The summed E-state index contributed by atoms with van der Waals surface area (Å²) in [6.45, 7) is 12.2. The van der Waals surface area contributed by atoms with Gasteiger partial charge in [-0.05, 0) is 85.3 Å². The van der Waals surface area contributed by atoms with Gasteiger partial charge in [-0.15, -0.1) is 12.1 Å². The van der Waals surface area contributed by atoms with Gasteiger partial charge in [0, 0.05) is 0 Å². The zero-order chi connectivity index (χ0) is 16.2. The molecule has 3 fully saturated rings. The van der Waals surface area contributed by atoms with E-state index in [1.165, 1.54) is 52.2 Å². The molecule has 4 aliphatic rings. The van der Waals surface area contributed by atoms with Crippen LogP contribution in [-0.2, 0) is 0 Å². The maximum atomic E-state index is 4.64. The van der Waals surface area contributed by atoms with Crippen LogP contribution in [0, 0.1) is 41.4 Å². The summed E-state index contributed by atoms with van der Waals surface area (Å²) >= 11 is 0. The first-order valence-electron chi connectivity index (χ1n) is 10.4. The summed E-state index contributed by atoms with van der Waals surface area (Å²) in [6.07, 6.45) is 15.2. The van der Waals surface area contributed by atoms with Crippen LogP contribution in [0.15, 0.2) is 24.2 Å². The van der Waals surface area contributed by atoms with Gasteiger partial charge in [0.05, 0.1) is 0 Å². The normalized spacial score (nSPS) is 51.0. The highest BCUT2D eigenvalue weighted by molar-refractivity contribution is 6.49. The molecule has 0 nitrogen and oxygen atoms in total. The first kappa shape index (κ1) is 16.0. The molecule has 4 aliphatic carbocycles. The molecule has 0 aromatic heterocycles. The molecule has 0 saturated heterocycles. The Morgan fingerprint density at radius 3 is 2.61 bits per heavy atom. The molecule has 126 valence electrons. The summed E-state index contributed by atoms with van der Waals surface area (Å²) in [5.41, 5.74) is 1.60. The van der Waals surface area contributed by atoms with E-state index in [4.69, 9.17) is 0 Å². The smallest absolute Gasteiger partial charge is 0.109 e. The SMILES string of the molecule is C=C(BC1(C)C(C)CC2CC(CC)CC1C2)C1CC2C=CC1C2. The van der Waals surface area contributed by atoms with Crippen molar-refractivity contribution in [2.45, 2.75) is 71.0 Å². The fraction of sp³-hybridized carbons (Fsp3) is 0.818. The molecular weight excluding hydrogens is 275 g/mol. The van der Waals surface area contributed by atoms with Gasteiger partial charge >= 0.3 is 0 Å². The van der Waals surface area contributed by atoms with Crippen molar-refractivity contribution in [2.75, 3.05) is 0 Å². The van der Waals surface area contributed by atoms with Gasteiger partial charge in [-0.25, -0.2) is 0 Å². The summed E-state index contributed by atoms with van der Waals surface area (Å²) in [7, 11) is 1.31. The Morgan fingerprint density at radius 2 is 1.96 bits per heavy atom. The van der Waals surface area contributed by atoms with E-state index < -0.39 is 0 Å². The minimum absolute atomic E-state index is 0.521. The second-order valence-electron chi connectivity index (χ2n) is 9.91. The monoisotopic (exact) mass is 310 g/mol. The molecule has 0 aliphatic heterocycles. The van der Waals surface area contributed by atoms with Gasteiger partial charge < -0.3 is 0 Å². The van der Waals surface area contributed by atoms with Crippen molar-refractivity contribution < 1.29 is 0 Å². The van der Waals surface area contributed by atoms with Crippen molar-refractivity contribution >= 4 is 7.28 Å². The molecule has 0 amide bonds. The number of hydrogen-bond donors (Lipinski definition) is 0. The third-order valence-corrected chi connectivity index (χ3v) is 8.64. The first-order chi connectivity index (χ1) is 11.0. The predicted octanol–water partition coefficient (Wildman–Crippen LogP) is 5.81. The molecule has 3 saturated carbocycles. The van der Waals surface area contributed by atoms with Gasteiger partial charge in [0.1, 0.15) is 0 Å². The molecule has 1 heteroatoms. The second kappa shape index (κ2) is 5.82. The molecule has 8 atom stereocenters. The van der Waals surface area contributed by atoms with Crippen LogP contribution in [0.3, 0.4) is 0 Å². The van der Waals surface area contributed by atoms with Crippen molar-refractivity contribution in [3.63, 3.8) is 0 Å². The largest absolute Gasteiger partial charge is 0.158 e. The fourth-order valence-corrected chi connectivity index (χ4v) is 6.99. The standard InChI is InChI=1S/C22H35B/c1-5-16-9-18-8-14(2)22(4,20(11-16)12-18)23-15(3)21-13-17-6-7-19(21)10-17/h6-7,14,16-21,23H,3,5,8-13H2,1-2,4H3. The fourth-order valence-electron chi connectivity index (χ4n) is 6.99. The Labute approximate surface area is 144 Å². The summed E-state index contributed by atoms with van der Waals surface area (Å²) in [5, 5.41) is 0.521. The van der Waals surface area contributed by atoms with E-state index >= 15 is 0 Å². The number of rotatable bonds is 4. The van der Waals surface area contributed by atoms with Gasteiger partial charge in [0.15, 0.2) is 7.28 Å². The highest BCUT2D eigenvalue weighted by atomic mass is 14.5. The molecule has 0 heterocycles. The van der Waals surface area contributed by atoms with Crippen molar-refractivity contribution in [1.82, 2.24) is 0 Å². The van der Waals surface area contributed by atoms with E-state index in [9.17, 15) is 0 Å². The molecule has 0 radical (unpaired) electrons. The molecule has 4 bridgehead atoms. The molecule has 0 N–H and O–H groups in total. The maximum Gasteiger partial charge on any atom is 0.158 e. The van der Waals surface area contributed by atoms with Crippen LogP contribution in [-0.4, -0.2) is 7.28 Å². The minimum Gasteiger partial charge on any atom is -0.109 e. The van der Waals surface area contributed by atoms with E-state index in [0.717, 1.165) is 41.4 Å². The Kier molecular flexibility index (Phi) is 4.05. The maximum absolute atomic E-state index is 4.64. The third-order valence-electron chi connectivity index (χ3n) is 8.64.